The molecule has 1 unspecified atom stereocenters. The van der Waals surface area contributed by atoms with E-state index in [0.717, 1.165) is 68.1 Å². The second-order valence-corrected chi connectivity index (χ2v) is 9.43. The van der Waals surface area contributed by atoms with E-state index in [1.807, 2.05) is 28.0 Å². The Kier molecular flexibility index (Phi) is 7.56. The summed E-state index contributed by atoms with van der Waals surface area (Å²) in [5, 5.41) is 8.89. The van der Waals surface area contributed by atoms with E-state index in [1.54, 1.807) is 6.92 Å². The Morgan fingerprint density at radius 1 is 1.18 bits per heavy atom. The van der Waals surface area contributed by atoms with E-state index in [2.05, 4.69) is 17.6 Å². The number of carbonyl (C=O) groups excluding carboxylic acids is 2. The van der Waals surface area contributed by atoms with Crippen molar-refractivity contribution >= 4 is 28.6 Å². The molecule has 2 aromatic rings. The molecule has 0 bridgehead atoms. The Hall–Kier alpha value is -2.87. The van der Waals surface area contributed by atoms with Gasteiger partial charge in [-0.1, -0.05) is 12.1 Å². The minimum atomic E-state index is -0.250. The maximum atomic E-state index is 13.2. The summed E-state index contributed by atoms with van der Waals surface area (Å²) in [6.45, 7) is 6.43. The second kappa shape index (κ2) is 10.6. The van der Waals surface area contributed by atoms with Crippen LogP contribution < -0.4 is 5.73 Å². The van der Waals surface area contributed by atoms with Crippen molar-refractivity contribution < 1.29 is 14.3 Å². The Bertz CT molecular complexity index is 1060. The number of nitrogens with zero attached hydrogens (tertiary/aromatic N) is 3. The topological polar surface area (TPSA) is 105 Å². The molecular formula is C26H37N5O3. The van der Waals surface area contributed by atoms with Gasteiger partial charge in [0.15, 0.2) is 0 Å². The first-order chi connectivity index (χ1) is 16.4. The van der Waals surface area contributed by atoms with E-state index in [1.165, 1.54) is 5.69 Å². The lowest BCUT2D eigenvalue weighted by Gasteiger charge is -2.28. The molecule has 8 heteroatoms. The average molecular weight is 468 g/mol. The van der Waals surface area contributed by atoms with E-state index < -0.39 is 0 Å². The highest BCUT2D eigenvalue weighted by molar-refractivity contribution is 5.98. The molecule has 1 aromatic heterocycles. The number of aryl methyl sites for hydroxylation is 2. The number of amides is 1. The molecule has 2 fully saturated rings. The zero-order chi connectivity index (χ0) is 24.2. The van der Waals surface area contributed by atoms with E-state index >= 15 is 0 Å². The summed E-state index contributed by atoms with van der Waals surface area (Å²) in [5.41, 5.74) is 8.78. The summed E-state index contributed by atoms with van der Waals surface area (Å²) in [6, 6.07) is 8.70. The van der Waals surface area contributed by atoms with Crippen LogP contribution >= 0.6 is 0 Å². The lowest BCUT2D eigenvalue weighted by molar-refractivity contribution is -0.145. The summed E-state index contributed by atoms with van der Waals surface area (Å²) in [6.07, 6.45) is 5.95. The van der Waals surface area contributed by atoms with Crippen LogP contribution in [-0.4, -0.2) is 70.4 Å². The number of benzene rings is 1. The molecule has 1 saturated heterocycles. The number of likely N-dealkylation sites (tertiary alicyclic amines) is 1. The second-order valence-electron chi connectivity index (χ2n) is 9.43. The molecule has 1 aromatic carbocycles. The van der Waals surface area contributed by atoms with E-state index in [0.29, 0.717) is 19.2 Å². The molecule has 1 aliphatic heterocycles. The zero-order valence-electron chi connectivity index (χ0n) is 20.4. The quantitative estimate of drug-likeness (QED) is 0.300. The first-order valence-electron chi connectivity index (χ1n) is 12.6. The molecule has 1 aliphatic carbocycles. The van der Waals surface area contributed by atoms with Gasteiger partial charge in [-0.15, -0.1) is 0 Å². The Morgan fingerprint density at radius 3 is 2.65 bits per heavy atom. The van der Waals surface area contributed by atoms with Crippen LogP contribution in [0.25, 0.3) is 10.9 Å². The van der Waals surface area contributed by atoms with Crippen molar-refractivity contribution in [2.75, 3.05) is 26.2 Å². The minimum absolute atomic E-state index is 0.0793. The van der Waals surface area contributed by atoms with Gasteiger partial charge in [0.2, 0.25) is 5.91 Å². The number of ether oxygens (including phenoxy) is 1. The van der Waals surface area contributed by atoms with Gasteiger partial charge in [0.05, 0.1) is 19.7 Å². The number of hydrogen-bond acceptors (Lipinski definition) is 5. The van der Waals surface area contributed by atoms with Crippen LogP contribution in [0.3, 0.4) is 0 Å². The number of fused-ring (bicyclic) bond motifs is 1. The number of nitrogens with one attached hydrogen (secondary N) is 1. The minimum Gasteiger partial charge on any atom is -0.465 e. The third-order valence-corrected chi connectivity index (χ3v) is 7.09. The van der Waals surface area contributed by atoms with Gasteiger partial charge >= 0.3 is 5.97 Å². The van der Waals surface area contributed by atoms with Gasteiger partial charge in [-0.25, -0.2) is 0 Å². The fraction of sp³-hybridized carbons (Fsp3) is 0.577. The van der Waals surface area contributed by atoms with Gasteiger partial charge in [0, 0.05) is 41.9 Å². The van der Waals surface area contributed by atoms with Crippen LogP contribution in [0.4, 0.5) is 0 Å². The van der Waals surface area contributed by atoms with Crippen LogP contribution in [0, 0.1) is 5.41 Å². The summed E-state index contributed by atoms with van der Waals surface area (Å²) in [7, 11) is 0. The van der Waals surface area contributed by atoms with Crippen molar-refractivity contribution in [3.63, 3.8) is 0 Å². The number of esters is 1. The van der Waals surface area contributed by atoms with Gasteiger partial charge < -0.3 is 19.9 Å². The number of carbonyl (C=O) groups is 2. The third kappa shape index (κ3) is 5.43. The molecule has 0 radical (unpaired) electrons. The molecule has 1 atom stereocenters. The zero-order valence-corrected chi connectivity index (χ0v) is 20.4. The number of nitrogens with two attached hydrogens (primary N) is 1. The molecule has 184 valence electrons. The van der Waals surface area contributed by atoms with Crippen molar-refractivity contribution in [2.45, 2.75) is 71.0 Å². The van der Waals surface area contributed by atoms with E-state index in [-0.39, 0.29) is 30.3 Å². The number of hydrogen-bond donors (Lipinski definition) is 2. The van der Waals surface area contributed by atoms with Gasteiger partial charge in [0.1, 0.15) is 5.84 Å². The van der Waals surface area contributed by atoms with Crippen molar-refractivity contribution in [2.24, 2.45) is 5.73 Å². The molecule has 1 amide bonds. The van der Waals surface area contributed by atoms with Crippen LogP contribution in [0.15, 0.2) is 24.3 Å². The van der Waals surface area contributed by atoms with Gasteiger partial charge in [-0.05, 0) is 69.9 Å². The Labute approximate surface area is 201 Å². The summed E-state index contributed by atoms with van der Waals surface area (Å²) >= 11 is 0. The average Bonchev–Trinajstić information content (AvgIpc) is 3.44. The molecule has 3 N–H and O–H groups in total. The molecule has 2 heterocycles. The maximum absolute atomic E-state index is 13.2. The van der Waals surface area contributed by atoms with Crippen molar-refractivity contribution in [1.82, 2.24) is 14.4 Å². The SMILES string of the molecule is CCOC(=O)CN(CC(=O)N1CCCC1CCc1cc2ccc(C(=N)N)cc2n1CC)C1CC1. The van der Waals surface area contributed by atoms with E-state index in [4.69, 9.17) is 15.9 Å². The highest BCUT2D eigenvalue weighted by Crippen LogP contribution is 2.29. The lowest BCUT2D eigenvalue weighted by atomic mass is 10.1. The van der Waals surface area contributed by atoms with E-state index in [9.17, 15) is 9.59 Å². The van der Waals surface area contributed by atoms with Crippen LogP contribution in [0.2, 0.25) is 0 Å². The fourth-order valence-corrected chi connectivity index (χ4v) is 5.23. The molecule has 8 nitrogen and oxygen atoms in total. The van der Waals surface area contributed by atoms with Crippen molar-refractivity contribution in [3.8, 4) is 0 Å². The summed E-state index contributed by atoms with van der Waals surface area (Å²) in [4.78, 5) is 29.2. The molecule has 1 saturated carbocycles. The maximum Gasteiger partial charge on any atom is 0.320 e. The lowest BCUT2D eigenvalue weighted by Crippen LogP contribution is -2.45. The highest BCUT2D eigenvalue weighted by atomic mass is 16.5. The molecular weight excluding hydrogens is 430 g/mol. The van der Waals surface area contributed by atoms with Crippen molar-refractivity contribution in [1.29, 1.82) is 5.41 Å². The summed E-state index contributed by atoms with van der Waals surface area (Å²) in [5.74, 6) is -0.0445. The molecule has 4 rings (SSSR count). The number of nitrogen functional groups attached to an aromatic ring is 1. The highest BCUT2D eigenvalue weighted by Gasteiger charge is 2.35. The van der Waals surface area contributed by atoms with Gasteiger partial charge in [-0.2, -0.15) is 0 Å². The monoisotopic (exact) mass is 467 g/mol. The molecule has 0 spiro atoms. The first-order valence-corrected chi connectivity index (χ1v) is 12.6. The fourth-order valence-electron chi connectivity index (χ4n) is 5.23. The smallest absolute Gasteiger partial charge is 0.320 e. The van der Waals surface area contributed by atoms with Crippen molar-refractivity contribution in [3.05, 3.63) is 35.5 Å². The predicted octanol–water partition coefficient (Wildman–Crippen LogP) is 2.90. The number of rotatable bonds is 11. The normalized spacial score (nSPS) is 18.1. The Balaban J connectivity index is 1.41. The summed E-state index contributed by atoms with van der Waals surface area (Å²) < 4.78 is 7.40. The molecule has 2 aliphatic rings. The molecule has 34 heavy (non-hydrogen) atoms. The predicted molar refractivity (Wildman–Crippen MR) is 133 cm³/mol. The number of amidine groups is 1. The largest absolute Gasteiger partial charge is 0.465 e. The standard InChI is InChI=1S/C26H37N5O3/c1-3-30-22(14-18-7-8-19(26(27)28)15-23(18)30)12-11-21-6-5-13-31(21)24(32)16-29(20-9-10-20)17-25(33)34-4-2/h7-8,14-15,20-21H,3-6,9-13,16-17H2,1-2H3,(H3,27,28). The van der Waals surface area contributed by atoms with Crippen LogP contribution in [0.5, 0.6) is 0 Å². The first kappa shape index (κ1) is 24.3. The van der Waals surface area contributed by atoms with Crippen LogP contribution in [0.1, 0.15) is 57.2 Å². The Morgan fingerprint density at radius 2 is 1.97 bits per heavy atom. The van der Waals surface area contributed by atoms with Gasteiger partial charge in [-0.3, -0.25) is 19.9 Å². The third-order valence-electron chi connectivity index (χ3n) is 7.09. The van der Waals surface area contributed by atoms with Gasteiger partial charge in [0.25, 0.3) is 0 Å². The van der Waals surface area contributed by atoms with Crippen LogP contribution in [-0.2, 0) is 27.3 Å². The number of aromatic nitrogens is 1.